The fourth-order valence-corrected chi connectivity index (χ4v) is 1.50. The third-order valence-corrected chi connectivity index (χ3v) is 2.52. The molecular weight excluding hydrogens is 260 g/mol. The van der Waals surface area contributed by atoms with E-state index in [1.54, 1.807) is 11.6 Å². The van der Waals surface area contributed by atoms with Gasteiger partial charge in [0.1, 0.15) is 12.9 Å². The van der Waals surface area contributed by atoms with Crippen molar-refractivity contribution >= 4 is 17.3 Å². The lowest BCUT2D eigenvalue weighted by atomic mass is 10.3. The molecule has 0 unspecified atom stereocenters. The molecule has 0 spiro atoms. The molecular formula is C10H9ClN4O3. The van der Waals surface area contributed by atoms with Crippen molar-refractivity contribution < 1.29 is 9.66 Å². The number of nitro benzene ring substituents is 1. The molecule has 1 heterocycles. The van der Waals surface area contributed by atoms with Gasteiger partial charge in [-0.1, -0.05) is 11.6 Å². The Bertz CT molecular complexity index is 584. The summed E-state index contributed by atoms with van der Waals surface area (Å²) in [6, 6.07) is 4.14. The Labute approximate surface area is 107 Å². The first-order chi connectivity index (χ1) is 8.58. The van der Waals surface area contributed by atoms with Crippen molar-refractivity contribution in [3.63, 3.8) is 0 Å². The van der Waals surface area contributed by atoms with Crippen molar-refractivity contribution in [1.82, 2.24) is 14.8 Å². The largest absolute Gasteiger partial charge is 0.479 e. The molecule has 1 aromatic heterocycles. The van der Waals surface area contributed by atoms with Gasteiger partial charge in [0, 0.05) is 24.2 Å². The first-order valence-corrected chi connectivity index (χ1v) is 5.35. The highest BCUT2D eigenvalue weighted by atomic mass is 35.5. The third-order valence-electron chi connectivity index (χ3n) is 2.28. The fourth-order valence-electron chi connectivity index (χ4n) is 1.33. The molecule has 0 saturated carbocycles. The second-order valence-electron chi connectivity index (χ2n) is 3.52. The smallest absolute Gasteiger partial charge is 0.311 e. The molecule has 0 saturated heterocycles. The van der Waals surface area contributed by atoms with Crippen LogP contribution in [-0.4, -0.2) is 19.7 Å². The summed E-state index contributed by atoms with van der Waals surface area (Å²) in [5.74, 6) is 0.666. The van der Waals surface area contributed by atoms with Gasteiger partial charge < -0.3 is 9.30 Å². The molecule has 0 amide bonds. The maximum absolute atomic E-state index is 10.8. The van der Waals surface area contributed by atoms with Gasteiger partial charge in [0.15, 0.2) is 11.6 Å². The zero-order chi connectivity index (χ0) is 13.1. The first-order valence-electron chi connectivity index (χ1n) is 4.97. The Hall–Kier alpha value is -2.15. The fraction of sp³-hybridized carbons (Fsp3) is 0.200. The lowest BCUT2D eigenvalue weighted by molar-refractivity contribution is -0.385. The third kappa shape index (κ3) is 2.57. The van der Waals surface area contributed by atoms with Crippen LogP contribution in [0.5, 0.6) is 5.75 Å². The van der Waals surface area contributed by atoms with E-state index in [0.29, 0.717) is 10.8 Å². The van der Waals surface area contributed by atoms with E-state index < -0.39 is 4.92 Å². The monoisotopic (exact) mass is 268 g/mol. The molecule has 0 radical (unpaired) electrons. The summed E-state index contributed by atoms with van der Waals surface area (Å²) in [6.45, 7) is 0.0810. The molecule has 2 aromatic rings. The number of benzene rings is 1. The van der Waals surface area contributed by atoms with E-state index >= 15 is 0 Å². The lowest BCUT2D eigenvalue weighted by Crippen LogP contribution is -2.04. The van der Waals surface area contributed by atoms with Crippen LogP contribution in [0.4, 0.5) is 5.69 Å². The molecule has 0 fully saturated rings. The van der Waals surface area contributed by atoms with E-state index in [1.165, 1.54) is 24.5 Å². The van der Waals surface area contributed by atoms with Crippen molar-refractivity contribution in [3.05, 3.63) is 45.5 Å². The SMILES string of the molecule is Cn1cnnc1COc1cc(Cl)ccc1[N+](=O)[O-]. The molecule has 0 atom stereocenters. The summed E-state index contributed by atoms with van der Waals surface area (Å²) < 4.78 is 7.02. The van der Waals surface area contributed by atoms with Gasteiger partial charge in [0.2, 0.25) is 0 Å². The van der Waals surface area contributed by atoms with Crippen molar-refractivity contribution in [3.8, 4) is 5.75 Å². The Balaban J connectivity index is 2.20. The average Bonchev–Trinajstić information content (AvgIpc) is 2.72. The summed E-state index contributed by atoms with van der Waals surface area (Å²) >= 11 is 5.78. The number of hydrogen-bond donors (Lipinski definition) is 0. The maximum atomic E-state index is 10.8. The van der Waals surface area contributed by atoms with E-state index in [9.17, 15) is 10.1 Å². The van der Waals surface area contributed by atoms with Crippen LogP contribution >= 0.6 is 11.6 Å². The average molecular weight is 269 g/mol. The molecule has 0 aliphatic heterocycles. The number of rotatable bonds is 4. The zero-order valence-corrected chi connectivity index (χ0v) is 10.2. The second kappa shape index (κ2) is 5.01. The summed E-state index contributed by atoms with van der Waals surface area (Å²) in [6.07, 6.45) is 1.52. The number of nitrogens with zero attached hydrogens (tertiary/aromatic N) is 4. The van der Waals surface area contributed by atoms with Gasteiger partial charge in [0.25, 0.3) is 0 Å². The van der Waals surface area contributed by atoms with Gasteiger partial charge in [-0.2, -0.15) is 0 Å². The van der Waals surface area contributed by atoms with E-state index in [2.05, 4.69) is 10.2 Å². The predicted octanol–water partition coefficient (Wildman–Crippen LogP) is 1.96. The number of nitro groups is 1. The number of hydrogen-bond acceptors (Lipinski definition) is 5. The Morgan fingerprint density at radius 2 is 2.33 bits per heavy atom. The van der Waals surface area contributed by atoms with E-state index in [1.807, 2.05) is 0 Å². The normalized spacial score (nSPS) is 10.3. The molecule has 8 heteroatoms. The standard InChI is InChI=1S/C10H9ClN4O3/c1-14-6-12-13-10(14)5-18-9-4-7(11)2-3-8(9)15(16)17/h2-4,6H,5H2,1H3. The molecule has 2 rings (SSSR count). The predicted molar refractivity (Wildman–Crippen MR) is 63.4 cm³/mol. The van der Waals surface area contributed by atoms with Crippen LogP contribution in [0, 0.1) is 10.1 Å². The van der Waals surface area contributed by atoms with Crippen LogP contribution in [-0.2, 0) is 13.7 Å². The molecule has 0 bridgehead atoms. The summed E-state index contributed by atoms with van der Waals surface area (Å²) in [5.41, 5.74) is -0.137. The van der Waals surface area contributed by atoms with Crippen molar-refractivity contribution in [2.75, 3.05) is 0 Å². The van der Waals surface area contributed by atoms with Crippen LogP contribution in [0.15, 0.2) is 24.5 Å². The highest BCUT2D eigenvalue weighted by Gasteiger charge is 2.16. The van der Waals surface area contributed by atoms with Gasteiger partial charge in [-0.15, -0.1) is 10.2 Å². The molecule has 1 aromatic carbocycles. The quantitative estimate of drug-likeness (QED) is 0.625. The summed E-state index contributed by atoms with van der Waals surface area (Å²) in [4.78, 5) is 10.3. The minimum absolute atomic E-state index is 0.0810. The topological polar surface area (TPSA) is 83.1 Å². The lowest BCUT2D eigenvalue weighted by Gasteiger charge is -2.06. The molecule has 94 valence electrons. The molecule has 18 heavy (non-hydrogen) atoms. The van der Waals surface area contributed by atoms with E-state index in [4.69, 9.17) is 16.3 Å². The highest BCUT2D eigenvalue weighted by Crippen LogP contribution is 2.30. The van der Waals surface area contributed by atoms with Crippen LogP contribution < -0.4 is 4.74 Å². The maximum Gasteiger partial charge on any atom is 0.311 e. The molecule has 7 nitrogen and oxygen atoms in total. The number of halogens is 1. The minimum atomic E-state index is -0.525. The summed E-state index contributed by atoms with van der Waals surface area (Å²) in [7, 11) is 1.76. The van der Waals surface area contributed by atoms with Crippen molar-refractivity contribution in [2.45, 2.75) is 6.61 Å². The Morgan fingerprint density at radius 1 is 1.56 bits per heavy atom. The Kier molecular flexibility index (Phi) is 3.42. The van der Waals surface area contributed by atoms with Crippen LogP contribution in [0.1, 0.15) is 5.82 Å². The van der Waals surface area contributed by atoms with Crippen molar-refractivity contribution in [1.29, 1.82) is 0 Å². The number of ether oxygens (including phenoxy) is 1. The van der Waals surface area contributed by atoms with Crippen LogP contribution in [0.2, 0.25) is 5.02 Å². The van der Waals surface area contributed by atoms with Gasteiger partial charge in [-0.05, 0) is 6.07 Å². The molecule has 0 N–H and O–H groups in total. The van der Waals surface area contributed by atoms with Crippen LogP contribution in [0.25, 0.3) is 0 Å². The van der Waals surface area contributed by atoms with Gasteiger partial charge in [-0.3, -0.25) is 10.1 Å². The number of aromatic nitrogens is 3. The van der Waals surface area contributed by atoms with E-state index in [0.717, 1.165) is 0 Å². The highest BCUT2D eigenvalue weighted by molar-refractivity contribution is 6.30. The number of aryl methyl sites for hydroxylation is 1. The summed E-state index contributed by atoms with van der Waals surface area (Å²) in [5, 5.41) is 18.7. The molecule has 0 aliphatic carbocycles. The van der Waals surface area contributed by atoms with Gasteiger partial charge in [-0.25, -0.2) is 0 Å². The van der Waals surface area contributed by atoms with Gasteiger partial charge >= 0.3 is 5.69 Å². The second-order valence-corrected chi connectivity index (χ2v) is 3.95. The first kappa shape index (κ1) is 12.3. The zero-order valence-electron chi connectivity index (χ0n) is 9.41. The van der Waals surface area contributed by atoms with Crippen LogP contribution in [0.3, 0.4) is 0 Å². The minimum Gasteiger partial charge on any atom is -0.479 e. The van der Waals surface area contributed by atoms with Gasteiger partial charge in [0.05, 0.1) is 4.92 Å². The van der Waals surface area contributed by atoms with E-state index in [-0.39, 0.29) is 18.0 Å². The Morgan fingerprint density at radius 3 is 2.94 bits per heavy atom. The van der Waals surface area contributed by atoms with Crippen molar-refractivity contribution in [2.24, 2.45) is 7.05 Å². The molecule has 0 aliphatic rings.